The molecule has 2 atom stereocenters. The van der Waals surface area contributed by atoms with E-state index in [0.717, 1.165) is 22.3 Å². The van der Waals surface area contributed by atoms with E-state index in [1.165, 1.54) is 0 Å². The first kappa shape index (κ1) is 25.3. The highest BCUT2D eigenvalue weighted by molar-refractivity contribution is 5.89. The summed E-state index contributed by atoms with van der Waals surface area (Å²) in [7, 11) is 0. The second kappa shape index (κ2) is 12.2. The summed E-state index contributed by atoms with van der Waals surface area (Å²) in [4.78, 5) is 36.8. The highest BCUT2D eigenvalue weighted by atomic mass is 16.5. The summed E-state index contributed by atoms with van der Waals surface area (Å²) in [5, 5.41) is 22.9. The summed E-state index contributed by atoms with van der Waals surface area (Å²) in [5.41, 5.74) is 4.32. The van der Waals surface area contributed by atoms with Crippen LogP contribution in [0.15, 0.2) is 48.5 Å². The topological polar surface area (TPSA) is 129 Å². The molecule has 8 heteroatoms. The first-order valence-electron chi connectivity index (χ1n) is 11.4. The Morgan fingerprint density at radius 3 is 2.20 bits per heavy atom. The van der Waals surface area contributed by atoms with E-state index in [-0.39, 0.29) is 25.4 Å². The minimum Gasteiger partial charge on any atom is -0.480 e. The van der Waals surface area contributed by atoms with Crippen molar-refractivity contribution in [3.8, 4) is 29.5 Å². The maximum absolute atomic E-state index is 12.7. The first-order valence-corrected chi connectivity index (χ1v) is 11.4. The lowest BCUT2D eigenvalue weighted by Gasteiger charge is -2.21. The van der Waals surface area contributed by atoms with Crippen molar-refractivity contribution in [2.75, 3.05) is 6.61 Å². The maximum atomic E-state index is 12.7. The van der Waals surface area contributed by atoms with Gasteiger partial charge in [-0.3, -0.25) is 4.79 Å². The number of nitrogens with zero attached hydrogens (tertiary/aromatic N) is 1. The van der Waals surface area contributed by atoms with Crippen molar-refractivity contribution in [3.63, 3.8) is 0 Å². The lowest BCUT2D eigenvalue weighted by Crippen LogP contribution is -2.51. The average molecular weight is 474 g/mol. The molecule has 0 bridgehead atoms. The maximum Gasteiger partial charge on any atom is 0.407 e. The summed E-state index contributed by atoms with van der Waals surface area (Å²) >= 11 is 0. The van der Waals surface area contributed by atoms with Gasteiger partial charge in [-0.1, -0.05) is 48.5 Å². The molecule has 0 aromatic heterocycles. The van der Waals surface area contributed by atoms with Crippen molar-refractivity contribution < 1.29 is 24.2 Å². The Morgan fingerprint density at radius 2 is 1.63 bits per heavy atom. The fraction of sp³-hybridized carbons (Fsp3) is 0.333. The van der Waals surface area contributed by atoms with Crippen molar-refractivity contribution in [2.24, 2.45) is 0 Å². The molecule has 2 amide bonds. The minimum absolute atomic E-state index is 0.0808. The van der Waals surface area contributed by atoms with Gasteiger partial charge < -0.3 is 20.5 Å². The minimum atomic E-state index is -1.27. The molecule has 2 aromatic carbocycles. The van der Waals surface area contributed by atoms with Gasteiger partial charge in [-0.15, -0.1) is 12.3 Å². The zero-order valence-corrected chi connectivity index (χ0v) is 19.2. The number of ether oxygens (including phenoxy) is 1. The molecule has 0 spiro atoms. The van der Waals surface area contributed by atoms with E-state index in [1.807, 2.05) is 54.6 Å². The normalized spacial score (nSPS) is 13.3. The van der Waals surface area contributed by atoms with E-state index in [9.17, 15) is 19.5 Å². The Morgan fingerprint density at radius 1 is 1.00 bits per heavy atom. The number of carboxylic acid groups (broad SMARTS) is 1. The molecule has 3 rings (SSSR count). The second-order valence-electron chi connectivity index (χ2n) is 8.23. The van der Waals surface area contributed by atoms with Gasteiger partial charge in [0.25, 0.3) is 0 Å². The molecule has 35 heavy (non-hydrogen) atoms. The summed E-state index contributed by atoms with van der Waals surface area (Å²) < 4.78 is 5.52. The van der Waals surface area contributed by atoms with Crippen molar-refractivity contribution >= 4 is 18.0 Å². The third-order valence-electron chi connectivity index (χ3n) is 5.92. The molecular weight excluding hydrogens is 446 g/mol. The Bertz CT molecular complexity index is 1120. The molecule has 8 nitrogen and oxygen atoms in total. The van der Waals surface area contributed by atoms with Gasteiger partial charge in [0, 0.05) is 18.8 Å². The number of nitrogens with one attached hydrogen (secondary N) is 2. The monoisotopic (exact) mass is 473 g/mol. The van der Waals surface area contributed by atoms with E-state index in [1.54, 1.807) is 0 Å². The van der Waals surface area contributed by atoms with Crippen LogP contribution in [0.2, 0.25) is 0 Å². The number of hydrogen-bond donors (Lipinski definition) is 3. The largest absolute Gasteiger partial charge is 0.480 e. The average Bonchev–Trinajstić information content (AvgIpc) is 3.18. The molecule has 0 aliphatic heterocycles. The van der Waals surface area contributed by atoms with Crippen LogP contribution in [-0.4, -0.2) is 41.8 Å². The number of alkyl carbamates (subject to hydrolysis) is 1. The van der Waals surface area contributed by atoms with Crippen LogP contribution >= 0.6 is 0 Å². The van der Waals surface area contributed by atoms with E-state index >= 15 is 0 Å². The second-order valence-corrected chi connectivity index (χ2v) is 8.23. The molecule has 180 valence electrons. The Kier molecular flexibility index (Phi) is 8.86. The van der Waals surface area contributed by atoms with Crippen LogP contribution in [0.1, 0.15) is 49.1 Å². The van der Waals surface area contributed by atoms with Crippen LogP contribution < -0.4 is 10.6 Å². The fourth-order valence-electron chi connectivity index (χ4n) is 4.19. The number of rotatable bonds is 11. The lowest BCUT2D eigenvalue weighted by atomic mass is 9.98. The Labute approximate surface area is 204 Å². The van der Waals surface area contributed by atoms with E-state index in [2.05, 4.69) is 16.6 Å². The van der Waals surface area contributed by atoms with Gasteiger partial charge in [-0.05, 0) is 41.5 Å². The van der Waals surface area contributed by atoms with Crippen molar-refractivity contribution in [2.45, 2.75) is 50.1 Å². The number of terminal acetylenes is 1. The van der Waals surface area contributed by atoms with Crippen molar-refractivity contribution in [1.29, 1.82) is 5.26 Å². The Hall–Kier alpha value is -4.30. The zero-order valence-electron chi connectivity index (χ0n) is 19.2. The third kappa shape index (κ3) is 6.39. The number of nitriles is 1. The van der Waals surface area contributed by atoms with Gasteiger partial charge in [0.15, 0.2) is 0 Å². The van der Waals surface area contributed by atoms with Crippen LogP contribution in [0.25, 0.3) is 11.1 Å². The highest BCUT2D eigenvalue weighted by Crippen LogP contribution is 2.44. The van der Waals surface area contributed by atoms with Gasteiger partial charge >= 0.3 is 12.1 Å². The first-order chi connectivity index (χ1) is 17.0. The number of aliphatic carboxylic acids is 1. The van der Waals surface area contributed by atoms with Crippen LogP contribution in [0.4, 0.5) is 4.79 Å². The van der Waals surface area contributed by atoms with Gasteiger partial charge in [0.2, 0.25) is 5.91 Å². The number of unbranched alkanes of at least 4 members (excludes halogenated alkanes) is 2. The van der Waals surface area contributed by atoms with Gasteiger partial charge in [0.1, 0.15) is 18.7 Å². The summed E-state index contributed by atoms with van der Waals surface area (Å²) in [6.45, 7) is 0.0808. The molecule has 2 unspecified atom stereocenters. The van der Waals surface area contributed by atoms with Gasteiger partial charge in [0.05, 0.1) is 6.07 Å². The number of carbonyl (C=O) groups excluding carboxylic acids is 2. The van der Waals surface area contributed by atoms with Gasteiger partial charge in [-0.25, -0.2) is 9.59 Å². The number of benzene rings is 2. The molecular formula is C27H27N3O5. The smallest absolute Gasteiger partial charge is 0.407 e. The quantitative estimate of drug-likeness (QED) is 0.338. The molecule has 3 N–H and O–H groups in total. The van der Waals surface area contributed by atoms with Crippen LogP contribution in [0, 0.1) is 23.7 Å². The molecule has 0 fully saturated rings. The van der Waals surface area contributed by atoms with Crippen molar-refractivity contribution in [3.05, 3.63) is 59.7 Å². The molecule has 1 aliphatic carbocycles. The van der Waals surface area contributed by atoms with E-state index < -0.39 is 30.1 Å². The standard InChI is InChI=1S/C27H27N3O5/c1-2-10-24(26(32)33)29-25(31)23(15-4-3-9-16-28)30-27(34)35-17-22-20-13-7-5-11-18(20)19-12-6-8-14-21(19)22/h1,5-8,11-14,22-24H,3-4,9-10,15,17H2,(H,29,31)(H,30,34)(H,32,33). The Balaban J connectivity index is 1.66. The predicted molar refractivity (Wildman–Crippen MR) is 129 cm³/mol. The molecule has 2 aromatic rings. The third-order valence-corrected chi connectivity index (χ3v) is 5.92. The number of amides is 2. The summed E-state index contributed by atoms with van der Waals surface area (Å²) in [5.74, 6) is 0.151. The summed E-state index contributed by atoms with van der Waals surface area (Å²) in [6.07, 6.45) is 5.79. The number of carbonyl (C=O) groups is 3. The predicted octanol–water partition coefficient (Wildman–Crippen LogP) is 3.57. The van der Waals surface area contributed by atoms with Crippen LogP contribution in [0.3, 0.4) is 0 Å². The SMILES string of the molecule is C#CCC(NC(=O)C(CCCCC#N)NC(=O)OCC1c2ccccc2-c2ccccc21)C(=O)O. The molecule has 0 heterocycles. The van der Waals surface area contributed by atoms with Crippen LogP contribution in [0.5, 0.6) is 0 Å². The van der Waals surface area contributed by atoms with E-state index in [0.29, 0.717) is 19.3 Å². The summed E-state index contributed by atoms with van der Waals surface area (Å²) in [6, 6.07) is 15.6. The van der Waals surface area contributed by atoms with Crippen molar-refractivity contribution in [1.82, 2.24) is 10.6 Å². The lowest BCUT2D eigenvalue weighted by molar-refractivity contribution is -0.142. The van der Waals surface area contributed by atoms with Crippen LogP contribution in [-0.2, 0) is 14.3 Å². The number of fused-ring (bicyclic) bond motifs is 3. The molecule has 0 saturated heterocycles. The number of carboxylic acids is 1. The molecule has 0 radical (unpaired) electrons. The molecule has 0 saturated carbocycles. The van der Waals surface area contributed by atoms with Gasteiger partial charge in [-0.2, -0.15) is 5.26 Å². The van der Waals surface area contributed by atoms with E-state index in [4.69, 9.17) is 16.4 Å². The number of hydrogen-bond acceptors (Lipinski definition) is 5. The fourth-order valence-corrected chi connectivity index (χ4v) is 4.19. The molecule has 1 aliphatic rings. The zero-order chi connectivity index (χ0) is 25.2. The highest BCUT2D eigenvalue weighted by Gasteiger charge is 2.30.